The van der Waals surface area contributed by atoms with Crippen molar-refractivity contribution in [1.29, 1.82) is 0 Å². The summed E-state index contributed by atoms with van der Waals surface area (Å²) in [4.78, 5) is 24.8. The zero-order valence-electron chi connectivity index (χ0n) is 11.0. The van der Waals surface area contributed by atoms with Crippen LogP contribution in [0.4, 0.5) is 4.39 Å². The molecule has 1 amide bonds. The lowest BCUT2D eigenvalue weighted by molar-refractivity contribution is -0.141. The van der Waals surface area contributed by atoms with Gasteiger partial charge in [-0.05, 0) is 36.5 Å². The number of rotatable bonds is 3. The molecule has 5 heteroatoms. The number of likely N-dealkylation sites (tertiary alicyclic amines) is 1. The summed E-state index contributed by atoms with van der Waals surface area (Å²) in [6.07, 6.45) is 1.31. The van der Waals surface area contributed by atoms with Gasteiger partial charge in [-0.25, -0.2) is 4.39 Å². The van der Waals surface area contributed by atoms with Crippen LogP contribution >= 0.6 is 0 Å². The maximum absolute atomic E-state index is 12.9. The van der Waals surface area contributed by atoms with Gasteiger partial charge in [0.1, 0.15) is 5.82 Å². The van der Waals surface area contributed by atoms with Gasteiger partial charge in [-0.3, -0.25) is 9.59 Å². The molecule has 2 fully saturated rings. The third kappa shape index (κ3) is 2.40. The smallest absolute Gasteiger partial charge is 0.308 e. The SMILES string of the molecule is O=C(O)[C@@H]1CCN(C(=O)[C@@H]2C[C@H]2c2ccc(F)cc2)C1. The zero-order chi connectivity index (χ0) is 14.3. The van der Waals surface area contributed by atoms with Gasteiger partial charge in [0.15, 0.2) is 0 Å². The highest BCUT2D eigenvalue weighted by molar-refractivity contribution is 5.84. The summed E-state index contributed by atoms with van der Waals surface area (Å²) in [5, 5.41) is 8.95. The minimum absolute atomic E-state index is 0.0445. The number of amides is 1. The van der Waals surface area contributed by atoms with Crippen LogP contribution in [-0.2, 0) is 9.59 Å². The predicted molar refractivity (Wildman–Crippen MR) is 69.6 cm³/mol. The molecule has 1 aliphatic heterocycles. The van der Waals surface area contributed by atoms with E-state index in [0.29, 0.717) is 19.5 Å². The van der Waals surface area contributed by atoms with Gasteiger partial charge in [-0.15, -0.1) is 0 Å². The van der Waals surface area contributed by atoms with Crippen LogP contribution in [0.15, 0.2) is 24.3 Å². The Kier molecular flexibility index (Phi) is 3.20. The van der Waals surface area contributed by atoms with Crippen molar-refractivity contribution in [3.05, 3.63) is 35.6 Å². The second-order valence-electron chi connectivity index (χ2n) is 5.61. The first-order valence-electron chi connectivity index (χ1n) is 6.83. The normalized spacial score (nSPS) is 28.4. The first kappa shape index (κ1) is 13.1. The first-order chi connectivity index (χ1) is 9.56. The maximum Gasteiger partial charge on any atom is 0.308 e. The highest BCUT2D eigenvalue weighted by Crippen LogP contribution is 2.48. The fourth-order valence-corrected chi connectivity index (χ4v) is 2.94. The number of hydrogen-bond donors (Lipinski definition) is 1. The standard InChI is InChI=1S/C15H16FNO3/c16-11-3-1-9(2-4-11)12-7-13(12)14(18)17-6-5-10(8-17)15(19)20/h1-4,10,12-13H,5-8H2,(H,19,20)/t10-,12+,13-/m1/s1. The van der Waals surface area contributed by atoms with Crippen molar-refractivity contribution in [3.8, 4) is 0 Å². The highest BCUT2D eigenvalue weighted by Gasteiger charge is 2.47. The molecule has 0 unspecified atom stereocenters. The van der Waals surface area contributed by atoms with Crippen LogP contribution in [-0.4, -0.2) is 35.0 Å². The van der Waals surface area contributed by atoms with Crippen LogP contribution in [0.2, 0.25) is 0 Å². The van der Waals surface area contributed by atoms with E-state index >= 15 is 0 Å². The maximum atomic E-state index is 12.9. The van der Waals surface area contributed by atoms with E-state index in [1.54, 1.807) is 17.0 Å². The Balaban J connectivity index is 1.61. The molecular weight excluding hydrogens is 261 g/mol. The van der Waals surface area contributed by atoms with Crippen LogP contribution < -0.4 is 0 Å². The van der Waals surface area contributed by atoms with Crippen molar-refractivity contribution >= 4 is 11.9 Å². The molecule has 1 heterocycles. The molecule has 0 aromatic heterocycles. The Bertz CT molecular complexity index is 543. The average Bonchev–Trinajstić information content (AvgIpc) is 3.06. The third-order valence-corrected chi connectivity index (χ3v) is 4.25. The van der Waals surface area contributed by atoms with Crippen LogP contribution in [0.1, 0.15) is 24.3 Å². The number of hydrogen-bond acceptors (Lipinski definition) is 2. The summed E-state index contributed by atoms with van der Waals surface area (Å²) in [6, 6.07) is 6.26. The molecule has 20 heavy (non-hydrogen) atoms. The van der Waals surface area contributed by atoms with E-state index in [1.807, 2.05) is 0 Å². The molecule has 1 aliphatic carbocycles. The van der Waals surface area contributed by atoms with E-state index in [4.69, 9.17) is 5.11 Å². The first-order valence-corrected chi connectivity index (χ1v) is 6.83. The van der Waals surface area contributed by atoms with E-state index in [0.717, 1.165) is 12.0 Å². The molecule has 0 radical (unpaired) electrons. The Hall–Kier alpha value is -1.91. The van der Waals surface area contributed by atoms with Crippen LogP contribution in [0, 0.1) is 17.7 Å². The summed E-state index contributed by atoms with van der Waals surface area (Å²) >= 11 is 0. The molecule has 1 aromatic carbocycles. The lowest BCUT2D eigenvalue weighted by Gasteiger charge is -2.15. The summed E-state index contributed by atoms with van der Waals surface area (Å²) in [5.41, 5.74) is 0.985. The van der Waals surface area contributed by atoms with E-state index in [2.05, 4.69) is 0 Å². The number of carboxylic acid groups (broad SMARTS) is 1. The molecule has 0 bridgehead atoms. The minimum Gasteiger partial charge on any atom is -0.481 e. The van der Waals surface area contributed by atoms with Crippen molar-refractivity contribution in [3.63, 3.8) is 0 Å². The number of benzene rings is 1. The summed E-state index contributed by atoms with van der Waals surface area (Å²) in [6.45, 7) is 0.850. The van der Waals surface area contributed by atoms with Gasteiger partial charge >= 0.3 is 5.97 Å². The number of carbonyl (C=O) groups is 2. The summed E-state index contributed by atoms with van der Waals surface area (Å²) < 4.78 is 12.9. The highest BCUT2D eigenvalue weighted by atomic mass is 19.1. The Labute approximate surface area is 116 Å². The van der Waals surface area contributed by atoms with Gasteiger partial charge < -0.3 is 10.0 Å². The zero-order valence-corrected chi connectivity index (χ0v) is 11.0. The molecule has 2 aliphatic rings. The second kappa shape index (κ2) is 4.89. The lowest BCUT2D eigenvalue weighted by Crippen LogP contribution is -2.31. The minimum atomic E-state index is -0.828. The molecule has 4 nitrogen and oxygen atoms in total. The fraction of sp³-hybridized carbons (Fsp3) is 0.467. The van der Waals surface area contributed by atoms with Crippen LogP contribution in [0.25, 0.3) is 0 Å². The number of nitrogens with zero attached hydrogens (tertiary/aromatic N) is 1. The Morgan fingerprint density at radius 3 is 2.55 bits per heavy atom. The lowest BCUT2D eigenvalue weighted by atomic mass is 10.1. The van der Waals surface area contributed by atoms with Gasteiger partial charge in [0.05, 0.1) is 5.92 Å². The molecule has 1 saturated heterocycles. The number of carboxylic acids is 1. The van der Waals surface area contributed by atoms with E-state index in [9.17, 15) is 14.0 Å². The molecule has 0 spiro atoms. The van der Waals surface area contributed by atoms with Crippen molar-refractivity contribution in [2.24, 2.45) is 11.8 Å². The van der Waals surface area contributed by atoms with Crippen molar-refractivity contribution in [1.82, 2.24) is 4.90 Å². The second-order valence-corrected chi connectivity index (χ2v) is 5.61. The van der Waals surface area contributed by atoms with Crippen molar-refractivity contribution < 1.29 is 19.1 Å². The molecule has 3 rings (SSSR count). The Morgan fingerprint density at radius 2 is 1.95 bits per heavy atom. The van der Waals surface area contributed by atoms with Gasteiger partial charge in [0, 0.05) is 19.0 Å². The summed E-state index contributed by atoms with van der Waals surface area (Å²) in [5.74, 6) is -1.39. The number of carbonyl (C=O) groups excluding carboxylic acids is 1. The monoisotopic (exact) mass is 277 g/mol. The molecule has 1 N–H and O–H groups in total. The van der Waals surface area contributed by atoms with Gasteiger partial charge in [-0.2, -0.15) is 0 Å². The van der Waals surface area contributed by atoms with Crippen LogP contribution in [0.3, 0.4) is 0 Å². The van der Waals surface area contributed by atoms with E-state index in [-0.39, 0.29) is 23.6 Å². The topological polar surface area (TPSA) is 57.6 Å². The van der Waals surface area contributed by atoms with E-state index < -0.39 is 11.9 Å². The van der Waals surface area contributed by atoms with Crippen LogP contribution in [0.5, 0.6) is 0 Å². The van der Waals surface area contributed by atoms with Crippen molar-refractivity contribution in [2.75, 3.05) is 13.1 Å². The third-order valence-electron chi connectivity index (χ3n) is 4.25. The predicted octanol–water partition coefficient (Wildman–Crippen LogP) is 1.86. The van der Waals surface area contributed by atoms with Gasteiger partial charge in [0.2, 0.25) is 5.91 Å². The van der Waals surface area contributed by atoms with Gasteiger partial charge in [-0.1, -0.05) is 12.1 Å². The Morgan fingerprint density at radius 1 is 1.25 bits per heavy atom. The fourth-order valence-electron chi connectivity index (χ4n) is 2.94. The quantitative estimate of drug-likeness (QED) is 0.917. The van der Waals surface area contributed by atoms with Crippen molar-refractivity contribution in [2.45, 2.75) is 18.8 Å². The molecule has 3 atom stereocenters. The molecule has 106 valence electrons. The van der Waals surface area contributed by atoms with E-state index in [1.165, 1.54) is 12.1 Å². The summed E-state index contributed by atoms with van der Waals surface area (Å²) in [7, 11) is 0. The van der Waals surface area contributed by atoms with Gasteiger partial charge in [0.25, 0.3) is 0 Å². The number of halogens is 1. The molecule has 1 saturated carbocycles. The largest absolute Gasteiger partial charge is 0.481 e. The number of aliphatic carboxylic acids is 1. The molecular formula is C15H16FNO3. The average molecular weight is 277 g/mol. The molecule has 1 aromatic rings.